The Labute approximate surface area is 79.2 Å². The summed E-state index contributed by atoms with van der Waals surface area (Å²) in [5.74, 6) is 0.362. The molecule has 0 aromatic heterocycles. The van der Waals surface area contributed by atoms with Crippen molar-refractivity contribution in [2.24, 2.45) is 17.4 Å². The van der Waals surface area contributed by atoms with Gasteiger partial charge < -0.3 is 11.5 Å². The molecule has 0 aromatic carbocycles. The van der Waals surface area contributed by atoms with Crippen LogP contribution in [-0.4, -0.2) is 18.3 Å². The van der Waals surface area contributed by atoms with Crippen molar-refractivity contribution in [3.05, 3.63) is 12.7 Å². The summed E-state index contributed by atoms with van der Waals surface area (Å²) in [7, 11) is 0. The van der Waals surface area contributed by atoms with E-state index >= 15 is 0 Å². The van der Waals surface area contributed by atoms with E-state index in [1.54, 1.807) is 0 Å². The third-order valence-electron chi connectivity index (χ3n) is 2.84. The fourth-order valence-corrected chi connectivity index (χ4v) is 1.90. The lowest BCUT2D eigenvalue weighted by molar-refractivity contribution is 0.195. The zero-order chi connectivity index (χ0) is 9.84. The number of hydrogen-bond acceptors (Lipinski definition) is 2. The van der Waals surface area contributed by atoms with Gasteiger partial charge >= 0.3 is 0 Å². The van der Waals surface area contributed by atoms with Crippen LogP contribution in [0.3, 0.4) is 0 Å². The Kier molecular flexibility index (Phi) is 3.88. The van der Waals surface area contributed by atoms with E-state index in [1.165, 1.54) is 0 Å². The van der Waals surface area contributed by atoms with Crippen molar-refractivity contribution in [1.29, 1.82) is 0 Å². The van der Waals surface area contributed by atoms with Crippen molar-refractivity contribution in [2.45, 2.75) is 43.9 Å². The Hall–Kier alpha value is -0.410. The minimum Gasteiger partial charge on any atom is -0.325 e. The first kappa shape index (κ1) is 10.7. The number of rotatable bonds is 1. The molecular formula is C10H19FN2. The summed E-state index contributed by atoms with van der Waals surface area (Å²) in [6.07, 6.45) is 4.26. The van der Waals surface area contributed by atoms with Gasteiger partial charge in [0.2, 0.25) is 0 Å². The molecule has 2 unspecified atom stereocenters. The summed E-state index contributed by atoms with van der Waals surface area (Å²) in [5.41, 5.74) is 11.3. The highest BCUT2D eigenvalue weighted by Crippen LogP contribution is 2.23. The van der Waals surface area contributed by atoms with E-state index in [0.717, 1.165) is 19.3 Å². The quantitative estimate of drug-likeness (QED) is 0.607. The van der Waals surface area contributed by atoms with Crippen molar-refractivity contribution >= 4 is 0 Å². The van der Waals surface area contributed by atoms with Crippen molar-refractivity contribution in [2.75, 3.05) is 0 Å². The minimum atomic E-state index is -1.05. The second-order valence-corrected chi connectivity index (χ2v) is 3.93. The fourth-order valence-electron chi connectivity index (χ4n) is 1.90. The van der Waals surface area contributed by atoms with Gasteiger partial charge in [-0.25, -0.2) is 4.39 Å². The molecular weight excluding hydrogens is 167 g/mol. The van der Waals surface area contributed by atoms with Crippen LogP contribution in [0.5, 0.6) is 0 Å². The van der Waals surface area contributed by atoms with Gasteiger partial charge in [0.25, 0.3) is 0 Å². The average Bonchev–Trinajstić information content (AvgIpc) is 2.13. The Morgan fingerprint density at radius 3 is 2.54 bits per heavy atom. The smallest absolute Gasteiger partial charge is 0.130 e. The standard InChI is InChI=1S/C10H19FN2/c1-2-7-4-3-5-8(12)10(11)9(13)6-7/h2,7-10H,1,3-6,12-13H2/t7?,8-,9?,10-/m0/s1. The number of hydrogen-bond donors (Lipinski definition) is 2. The predicted molar refractivity (Wildman–Crippen MR) is 53.0 cm³/mol. The number of allylic oxidation sites excluding steroid dienone is 1. The predicted octanol–water partition coefficient (Wildman–Crippen LogP) is 1.36. The monoisotopic (exact) mass is 186 g/mol. The highest BCUT2D eigenvalue weighted by molar-refractivity contribution is 4.91. The lowest BCUT2D eigenvalue weighted by atomic mass is 9.86. The van der Waals surface area contributed by atoms with Crippen LogP contribution in [0.4, 0.5) is 4.39 Å². The van der Waals surface area contributed by atoms with Crippen LogP contribution < -0.4 is 11.5 Å². The van der Waals surface area contributed by atoms with Crippen LogP contribution in [0.2, 0.25) is 0 Å². The Morgan fingerprint density at radius 2 is 1.92 bits per heavy atom. The van der Waals surface area contributed by atoms with E-state index in [2.05, 4.69) is 6.58 Å². The van der Waals surface area contributed by atoms with E-state index < -0.39 is 12.2 Å². The first-order chi connectivity index (χ1) is 6.15. The summed E-state index contributed by atoms with van der Waals surface area (Å²) < 4.78 is 13.4. The van der Waals surface area contributed by atoms with Crippen molar-refractivity contribution in [3.8, 4) is 0 Å². The van der Waals surface area contributed by atoms with Crippen LogP contribution in [-0.2, 0) is 0 Å². The zero-order valence-electron chi connectivity index (χ0n) is 7.95. The van der Waals surface area contributed by atoms with Gasteiger partial charge in [-0.15, -0.1) is 6.58 Å². The highest BCUT2D eigenvalue weighted by atomic mass is 19.1. The largest absolute Gasteiger partial charge is 0.325 e. The maximum absolute atomic E-state index is 13.4. The number of nitrogens with two attached hydrogens (primary N) is 2. The fraction of sp³-hybridized carbons (Fsp3) is 0.800. The van der Waals surface area contributed by atoms with Crippen LogP contribution in [0.15, 0.2) is 12.7 Å². The topological polar surface area (TPSA) is 52.0 Å². The van der Waals surface area contributed by atoms with Gasteiger partial charge in [-0.05, 0) is 25.2 Å². The molecule has 2 nitrogen and oxygen atoms in total. The first-order valence-electron chi connectivity index (χ1n) is 4.93. The molecule has 4 N–H and O–H groups in total. The van der Waals surface area contributed by atoms with Crippen molar-refractivity contribution in [1.82, 2.24) is 0 Å². The molecule has 1 aliphatic carbocycles. The maximum atomic E-state index is 13.4. The van der Waals surface area contributed by atoms with E-state index in [1.807, 2.05) is 6.08 Å². The summed E-state index contributed by atoms with van der Waals surface area (Å²) in [6, 6.07) is -0.793. The molecule has 0 spiro atoms. The molecule has 0 amide bonds. The normalized spacial score (nSPS) is 42.1. The van der Waals surface area contributed by atoms with Gasteiger partial charge in [0.05, 0.1) is 0 Å². The van der Waals surface area contributed by atoms with E-state index in [0.29, 0.717) is 12.3 Å². The average molecular weight is 186 g/mol. The molecule has 0 heterocycles. The van der Waals surface area contributed by atoms with Gasteiger partial charge in [-0.2, -0.15) is 0 Å². The molecule has 0 aliphatic heterocycles. The molecule has 1 rings (SSSR count). The summed E-state index contributed by atoms with van der Waals surface area (Å²) in [5, 5.41) is 0. The van der Waals surface area contributed by atoms with Crippen LogP contribution in [0, 0.1) is 5.92 Å². The van der Waals surface area contributed by atoms with Crippen LogP contribution in [0.1, 0.15) is 25.7 Å². The Balaban J connectivity index is 2.55. The summed E-state index contributed by atoms with van der Waals surface area (Å²) >= 11 is 0. The molecule has 0 bridgehead atoms. The summed E-state index contributed by atoms with van der Waals surface area (Å²) in [6.45, 7) is 3.73. The Morgan fingerprint density at radius 1 is 1.23 bits per heavy atom. The lowest BCUT2D eigenvalue weighted by Gasteiger charge is -2.28. The van der Waals surface area contributed by atoms with E-state index in [9.17, 15) is 4.39 Å². The van der Waals surface area contributed by atoms with Crippen molar-refractivity contribution in [3.63, 3.8) is 0 Å². The summed E-state index contributed by atoms with van der Waals surface area (Å²) in [4.78, 5) is 0. The molecule has 13 heavy (non-hydrogen) atoms. The molecule has 1 saturated carbocycles. The molecule has 0 aromatic rings. The maximum Gasteiger partial charge on any atom is 0.130 e. The molecule has 3 heteroatoms. The molecule has 1 aliphatic rings. The third kappa shape index (κ3) is 2.78. The van der Waals surface area contributed by atoms with Crippen LogP contribution >= 0.6 is 0 Å². The van der Waals surface area contributed by atoms with Crippen LogP contribution in [0.25, 0.3) is 0 Å². The van der Waals surface area contributed by atoms with Crippen molar-refractivity contribution < 1.29 is 4.39 Å². The second-order valence-electron chi connectivity index (χ2n) is 3.93. The highest BCUT2D eigenvalue weighted by Gasteiger charge is 2.27. The lowest BCUT2D eigenvalue weighted by Crippen LogP contribution is -2.46. The minimum absolute atomic E-state index is 0.362. The van der Waals surface area contributed by atoms with Gasteiger partial charge in [0, 0.05) is 12.1 Å². The first-order valence-corrected chi connectivity index (χ1v) is 4.93. The molecule has 1 fully saturated rings. The van der Waals surface area contributed by atoms with E-state index in [4.69, 9.17) is 11.5 Å². The van der Waals surface area contributed by atoms with Gasteiger partial charge in [-0.3, -0.25) is 0 Å². The third-order valence-corrected chi connectivity index (χ3v) is 2.84. The van der Waals surface area contributed by atoms with Gasteiger partial charge in [0.1, 0.15) is 6.17 Å². The number of halogens is 1. The second kappa shape index (κ2) is 4.72. The molecule has 0 radical (unpaired) electrons. The Bertz CT molecular complexity index is 172. The SMILES string of the molecule is C=CC1CCC[C@H](N)[C@H](F)C(N)C1. The van der Waals surface area contributed by atoms with Gasteiger partial charge in [0.15, 0.2) is 0 Å². The number of alkyl halides is 1. The molecule has 0 saturated heterocycles. The van der Waals surface area contributed by atoms with E-state index in [-0.39, 0.29) is 6.04 Å². The zero-order valence-corrected chi connectivity index (χ0v) is 7.95. The molecule has 4 atom stereocenters. The molecule has 76 valence electrons. The van der Waals surface area contributed by atoms with Gasteiger partial charge in [-0.1, -0.05) is 12.5 Å².